The van der Waals surface area contributed by atoms with Gasteiger partial charge in [0.2, 0.25) is 0 Å². The van der Waals surface area contributed by atoms with Gasteiger partial charge in [0.25, 0.3) is 0 Å². The summed E-state index contributed by atoms with van der Waals surface area (Å²) in [6, 6.07) is 9.27. The Hall–Kier alpha value is -0.860. The molecule has 2 nitrogen and oxygen atoms in total. The van der Waals surface area contributed by atoms with Gasteiger partial charge >= 0.3 is 0 Å². The smallest absolute Gasteiger partial charge is 0.0590 e. The molecule has 0 heterocycles. The predicted octanol–water partition coefficient (Wildman–Crippen LogP) is 2.55. The lowest BCUT2D eigenvalue weighted by Crippen LogP contribution is -2.27. The molecule has 0 bridgehead atoms. The van der Waals surface area contributed by atoms with E-state index in [9.17, 15) is 0 Å². The van der Waals surface area contributed by atoms with Crippen LogP contribution in [0.25, 0.3) is 0 Å². The van der Waals surface area contributed by atoms with Crippen LogP contribution in [-0.2, 0) is 11.2 Å². The Balaban J connectivity index is 1.94. The van der Waals surface area contributed by atoms with E-state index in [0.717, 1.165) is 19.8 Å². The Morgan fingerprint density at radius 2 is 2.19 bits per heavy atom. The minimum atomic E-state index is 0.511. The predicted molar refractivity (Wildman–Crippen MR) is 66.5 cm³/mol. The molecule has 1 aromatic carbocycles. The molecule has 16 heavy (non-hydrogen) atoms. The van der Waals surface area contributed by atoms with Crippen LogP contribution >= 0.6 is 0 Å². The number of hydrogen-bond acceptors (Lipinski definition) is 2. The zero-order valence-electron chi connectivity index (χ0n) is 10.2. The van der Waals surface area contributed by atoms with E-state index < -0.39 is 0 Å². The highest BCUT2D eigenvalue weighted by Crippen LogP contribution is 2.35. The van der Waals surface area contributed by atoms with Gasteiger partial charge in [-0.25, -0.2) is 0 Å². The molecule has 2 heteroatoms. The Morgan fingerprint density at radius 1 is 1.38 bits per heavy atom. The van der Waals surface area contributed by atoms with Crippen LogP contribution in [0.2, 0.25) is 0 Å². The topological polar surface area (TPSA) is 21.3 Å². The average molecular weight is 219 g/mol. The summed E-state index contributed by atoms with van der Waals surface area (Å²) in [5.74, 6) is 0.694. The molecule has 1 aliphatic carbocycles. The van der Waals surface area contributed by atoms with Gasteiger partial charge in [0, 0.05) is 19.2 Å². The van der Waals surface area contributed by atoms with Gasteiger partial charge in [-0.3, -0.25) is 0 Å². The molecule has 2 rings (SSSR count). The van der Waals surface area contributed by atoms with Gasteiger partial charge in [-0.15, -0.1) is 0 Å². The fourth-order valence-electron chi connectivity index (χ4n) is 2.54. The van der Waals surface area contributed by atoms with Gasteiger partial charge in [-0.2, -0.15) is 0 Å². The second-order valence-electron chi connectivity index (χ2n) is 4.51. The van der Waals surface area contributed by atoms with E-state index in [-0.39, 0.29) is 0 Å². The maximum absolute atomic E-state index is 5.35. The number of benzene rings is 1. The Labute approximate surface area is 98.0 Å². The summed E-state index contributed by atoms with van der Waals surface area (Å²) in [5.41, 5.74) is 2.98. The molecule has 0 aromatic heterocycles. The lowest BCUT2D eigenvalue weighted by atomic mass is 10.0. The molecular formula is C14H21NO. The second-order valence-corrected chi connectivity index (χ2v) is 4.51. The average Bonchev–Trinajstić information content (AvgIpc) is 2.61. The van der Waals surface area contributed by atoms with Gasteiger partial charge in [0.05, 0.1) is 6.61 Å². The van der Waals surface area contributed by atoms with Crippen molar-refractivity contribution >= 4 is 0 Å². The summed E-state index contributed by atoms with van der Waals surface area (Å²) >= 11 is 0. The number of ether oxygens (including phenoxy) is 1. The maximum atomic E-state index is 5.35. The van der Waals surface area contributed by atoms with Crippen LogP contribution in [0.3, 0.4) is 0 Å². The minimum Gasteiger partial charge on any atom is -0.380 e. The Bertz CT molecular complexity index is 337. The van der Waals surface area contributed by atoms with Crippen LogP contribution in [-0.4, -0.2) is 19.8 Å². The molecule has 0 spiro atoms. The molecule has 0 radical (unpaired) electrons. The molecule has 0 aliphatic heterocycles. The first kappa shape index (κ1) is 11.6. The largest absolute Gasteiger partial charge is 0.380 e. The molecule has 2 unspecified atom stereocenters. The van der Waals surface area contributed by atoms with E-state index in [1.807, 2.05) is 6.92 Å². The van der Waals surface area contributed by atoms with Gasteiger partial charge in [0.15, 0.2) is 0 Å². The van der Waals surface area contributed by atoms with Crippen LogP contribution in [0.5, 0.6) is 0 Å². The Kier molecular flexibility index (Phi) is 3.97. The summed E-state index contributed by atoms with van der Waals surface area (Å²) in [6.07, 6.45) is 1.20. The maximum Gasteiger partial charge on any atom is 0.0590 e. The fourth-order valence-corrected chi connectivity index (χ4v) is 2.54. The summed E-state index contributed by atoms with van der Waals surface area (Å²) < 4.78 is 5.35. The van der Waals surface area contributed by atoms with Crippen LogP contribution in [0.4, 0.5) is 0 Å². The minimum absolute atomic E-state index is 0.511. The first-order chi connectivity index (χ1) is 7.83. The van der Waals surface area contributed by atoms with Crippen molar-refractivity contribution in [3.05, 3.63) is 35.4 Å². The molecule has 0 amide bonds. The van der Waals surface area contributed by atoms with Crippen LogP contribution < -0.4 is 5.32 Å². The third-order valence-electron chi connectivity index (χ3n) is 3.32. The number of nitrogens with one attached hydrogen (secondary N) is 1. The quantitative estimate of drug-likeness (QED) is 0.768. The lowest BCUT2D eigenvalue weighted by molar-refractivity contribution is 0.145. The first-order valence-corrected chi connectivity index (χ1v) is 6.22. The highest BCUT2D eigenvalue weighted by molar-refractivity contribution is 5.35. The number of hydrogen-bond donors (Lipinski definition) is 1. The molecular weight excluding hydrogens is 198 g/mol. The van der Waals surface area contributed by atoms with Crippen molar-refractivity contribution in [1.82, 2.24) is 5.32 Å². The highest BCUT2D eigenvalue weighted by atomic mass is 16.5. The molecule has 2 atom stereocenters. The van der Waals surface area contributed by atoms with E-state index in [2.05, 4.69) is 36.5 Å². The van der Waals surface area contributed by atoms with Gasteiger partial charge in [-0.1, -0.05) is 31.2 Å². The van der Waals surface area contributed by atoms with E-state index in [4.69, 9.17) is 4.74 Å². The molecule has 0 saturated heterocycles. The van der Waals surface area contributed by atoms with Crippen LogP contribution in [0, 0.1) is 5.92 Å². The summed E-state index contributed by atoms with van der Waals surface area (Å²) in [7, 11) is 0. The normalized spacial score (nSPS) is 23.4. The summed E-state index contributed by atoms with van der Waals surface area (Å²) in [5, 5.41) is 3.60. The zero-order valence-corrected chi connectivity index (χ0v) is 10.2. The third kappa shape index (κ3) is 2.45. The van der Waals surface area contributed by atoms with Gasteiger partial charge in [-0.05, 0) is 30.4 Å². The molecule has 88 valence electrons. The van der Waals surface area contributed by atoms with Crippen molar-refractivity contribution in [2.24, 2.45) is 5.92 Å². The highest BCUT2D eigenvalue weighted by Gasteiger charge is 2.27. The van der Waals surface area contributed by atoms with Crippen molar-refractivity contribution in [2.75, 3.05) is 19.8 Å². The molecule has 1 aromatic rings. The van der Waals surface area contributed by atoms with Crippen molar-refractivity contribution in [3.63, 3.8) is 0 Å². The molecule has 1 N–H and O–H groups in total. The monoisotopic (exact) mass is 219 g/mol. The van der Waals surface area contributed by atoms with Crippen LogP contribution in [0.15, 0.2) is 24.3 Å². The van der Waals surface area contributed by atoms with E-state index in [1.54, 1.807) is 0 Å². The van der Waals surface area contributed by atoms with E-state index in [0.29, 0.717) is 12.0 Å². The van der Waals surface area contributed by atoms with Gasteiger partial charge in [0.1, 0.15) is 0 Å². The SMILES string of the molecule is CCOCCNC1c2ccccc2CC1C. The van der Waals surface area contributed by atoms with Gasteiger partial charge < -0.3 is 10.1 Å². The van der Waals surface area contributed by atoms with E-state index in [1.165, 1.54) is 17.5 Å². The van der Waals surface area contributed by atoms with Crippen molar-refractivity contribution in [2.45, 2.75) is 26.3 Å². The van der Waals surface area contributed by atoms with Crippen molar-refractivity contribution < 1.29 is 4.74 Å². The van der Waals surface area contributed by atoms with E-state index >= 15 is 0 Å². The number of rotatable bonds is 5. The number of fused-ring (bicyclic) bond motifs is 1. The molecule has 0 saturated carbocycles. The zero-order chi connectivity index (χ0) is 11.4. The third-order valence-corrected chi connectivity index (χ3v) is 3.32. The summed E-state index contributed by atoms with van der Waals surface area (Å²) in [4.78, 5) is 0. The van der Waals surface area contributed by atoms with Crippen molar-refractivity contribution in [1.29, 1.82) is 0 Å². The fraction of sp³-hybridized carbons (Fsp3) is 0.571. The molecule has 0 fully saturated rings. The Morgan fingerprint density at radius 3 is 3.00 bits per heavy atom. The lowest BCUT2D eigenvalue weighted by Gasteiger charge is -2.18. The summed E-state index contributed by atoms with van der Waals surface area (Å²) in [6.45, 7) is 6.91. The molecule has 1 aliphatic rings. The second kappa shape index (κ2) is 5.46. The standard InChI is InChI=1S/C14H21NO/c1-3-16-9-8-15-14-11(2)10-12-6-4-5-7-13(12)14/h4-7,11,14-15H,3,8-10H2,1-2H3. The van der Waals surface area contributed by atoms with Crippen molar-refractivity contribution in [3.8, 4) is 0 Å². The first-order valence-electron chi connectivity index (χ1n) is 6.22. The van der Waals surface area contributed by atoms with Crippen LogP contribution in [0.1, 0.15) is 31.0 Å².